The average molecular weight is 231 g/mol. The second kappa shape index (κ2) is 3.16. The molecule has 0 atom stereocenters. The van der Waals surface area contributed by atoms with Crippen molar-refractivity contribution in [1.82, 2.24) is 14.8 Å². The molecule has 0 saturated carbocycles. The number of fused-ring (bicyclic) bond motifs is 2. The van der Waals surface area contributed by atoms with Crippen LogP contribution in [-0.4, -0.2) is 14.8 Å². The maximum absolute atomic E-state index is 14.0. The molecule has 3 rings (SSSR count). The SMILES string of the molecule is Cc1ccc2[nH]c3cnn(C)c3c(=O)c2c1F. The third-order valence-electron chi connectivity index (χ3n) is 2.99. The number of aryl methyl sites for hydroxylation is 2. The number of H-pyrrole nitrogens is 1. The van der Waals surface area contributed by atoms with Crippen LogP contribution in [0.2, 0.25) is 0 Å². The summed E-state index contributed by atoms with van der Waals surface area (Å²) in [4.78, 5) is 15.2. The molecule has 0 fully saturated rings. The molecular weight excluding hydrogens is 221 g/mol. The van der Waals surface area contributed by atoms with Crippen molar-refractivity contribution in [2.45, 2.75) is 6.92 Å². The third kappa shape index (κ3) is 1.22. The molecule has 5 heteroatoms. The normalized spacial score (nSPS) is 11.5. The first kappa shape index (κ1) is 10.0. The maximum atomic E-state index is 14.0. The van der Waals surface area contributed by atoms with Gasteiger partial charge in [-0.25, -0.2) is 4.39 Å². The number of nitrogens with one attached hydrogen (secondary N) is 1. The summed E-state index contributed by atoms with van der Waals surface area (Å²) in [5.74, 6) is -0.466. The summed E-state index contributed by atoms with van der Waals surface area (Å²) < 4.78 is 15.4. The van der Waals surface area contributed by atoms with E-state index < -0.39 is 5.82 Å². The number of halogens is 1. The highest BCUT2D eigenvalue weighted by molar-refractivity contribution is 5.91. The largest absolute Gasteiger partial charge is 0.352 e. The number of aromatic nitrogens is 3. The molecule has 4 nitrogen and oxygen atoms in total. The predicted octanol–water partition coefficient (Wildman–Crippen LogP) is 1.86. The van der Waals surface area contributed by atoms with Crippen LogP contribution in [0.1, 0.15) is 5.56 Å². The van der Waals surface area contributed by atoms with Gasteiger partial charge in [0.05, 0.1) is 22.6 Å². The number of pyridine rings is 1. The van der Waals surface area contributed by atoms with Gasteiger partial charge in [-0.15, -0.1) is 0 Å². The molecule has 2 aromatic heterocycles. The van der Waals surface area contributed by atoms with E-state index in [1.165, 1.54) is 4.68 Å². The first-order chi connectivity index (χ1) is 8.09. The molecule has 1 aromatic carbocycles. The van der Waals surface area contributed by atoms with E-state index in [1.54, 1.807) is 32.3 Å². The summed E-state index contributed by atoms with van der Waals surface area (Å²) in [6.07, 6.45) is 1.56. The number of nitrogens with zero attached hydrogens (tertiary/aromatic N) is 2. The second-order valence-electron chi connectivity index (χ2n) is 4.10. The van der Waals surface area contributed by atoms with Crippen molar-refractivity contribution in [2.24, 2.45) is 7.05 Å². The quantitative estimate of drug-likeness (QED) is 0.642. The lowest BCUT2D eigenvalue weighted by Gasteiger charge is -2.03. The van der Waals surface area contributed by atoms with Crippen molar-refractivity contribution < 1.29 is 4.39 Å². The van der Waals surface area contributed by atoms with Crippen LogP contribution in [0, 0.1) is 12.7 Å². The highest BCUT2D eigenvalue weighted by Crippen LogP contribution is 2.19. The summed E-state index contributed by atoms with van der Waals surface area (Å²) in [5, 5.41) is 4.09. The number of benzene rings is 1. The van der Waals surface area contributed by atoms with Gasteiger partial charge in [0.2, 0.25) is 5.43 Å². The summed E-state index contributed by atoms with van der Waals surface area (Å²) in [7, 11) is 1.66. The summed E-state index contributed by atoms with van der Waals surface area (Å²) in [6, 6.07) is 3.36. The molecular formula is C12H10FN3O. The number of hydrogen-bond acceptors (Lipinski definition) is 2. The van der Waals surface area contributed by atoms with Gasteiger partial charge in [-0.3, -0.25) is 9.48 Å². The predicted molar refractivity (Wildman–Crippen MR) is 63.5 cm³/mol. The maximum Gasteiger partial charge on any atom is 0.218 e. The zero-order chi connectivity index (χ0) is 12.2. The van der Waals surface area contributed by atoms with Gasteiger partial charge < -0.3 is 4.98 Å². The fraction of sp³-hybridized carbons (Fsp3) is 0.167. The molecule has 0 aliphatic rings. The van der Waals surface area contributed by atoms with Crippen molar-refractivity contribution in [3.05, 3.63) is 39.9 Å². The van der Waals surface area contributed by atoms with E-state index in [0.717, 1.165) is 0 Å². The van der Waals surface area contributed by atoms with E-state index in [-0.39, 0.29) is 10.8 Å². The van der Waals surface area contributed by atoms with Gasteiger partial charge in [0.1, 0.15) is 11.3 Å². The van der Waals surface area contributed by atoms with Gasteiger partial charge in [-0.05, 0) is 18.6 Å². The fourth-order valence-electron chi connectivity index (χ4n) is 2.07. The van der Waals surface area contributed by atoms with Gasteiger partial charge in [0.15, 0.2) is 0 Å². The molecule has 1 N–H and O–H groups in total. The van der Waals surface area contributed by atoms with Crippen LogP contribution < -0.4 is 5.43 Å². The zero-order valence-electron chi connectivity index (χ0n) is 9.41. The number of aromatic amines is 1. The highest BCUT2D eigenvalue weighted by Gasteiger charge is 2.13. The molecule has 0 bridgehead atoms. The Morgan fingerprint density at radius 3 is 2.88 bits per heavy atom. The Kier molecular flexibility index (Phi) is 1.86. The van der Waals surface area contributed by atoms with E-state index in [9.17, 15) is 9.18 Å². The first-order valence-electron chi connectivity index (χ1n) is 5.22. The van der Waals surface area contributed by atoms with E-state index in [4.69, 9.17) is 0 Å². The Labute approximate surface area is 95.7 Å². The molecule has 2 heterocycles. The van der Waals surface area contributed by atoms with Crippen LogP contribution in [-0.2, 0) is 7.05 Å². The second-order valence-corrected chi connectivity index (χ2v) is 4.10. The van der Waals surface area contributed by atoms with Crippen LogP contribution in [0.4, 0.5) is 4.39 Å². The smallest absolute Gasteiger partial charge is 0.218 e. The third-order valence-corrected chi connectivity index (χ3v) is 2.99. The van der Waals surface area contributed by atoms with Crippen LogP contribution in [0.3, 0.4) is 0 Å². The van der Waals surface area contributed by atoms with Gasteiger partial charge in [-0.2, -0.15) is 5.10 Å². The van der Waals surface area contributed by atoms with Crippen LogP contribution >= 0.6 is 0 Å². The summed E-state index contributed by atoms with van der Waals surface area (Å²) in [5.41, 5.74) is 1.65. The minimum atomic E-state index is -0.466. The number of rotatable bonds is 0. The van der Waals surface area contributed by atoms with Crippen LogP contribution in [0.15, 0.2) is 23.1 Å². The molecule has 0 saturated heterocycles. The van der Waals surface area contributed by atoms with Crippen LogP contribution in [0.5, 0.6) is 0 Å². The fourth-order valence-corrected chi connectivity index (χ4v) is 2.07. The molecule has 0 amide bonds. The van der Waals surface area contributed by atoms with E-state index >= 15 is 0 Å². The standard InChI is InChI=1S/C12H10FN3O/c1-6-3-4-7-9(10(6)13)12(17)11-8(15-7)5-14-16(11)2/h3-5H,1-2H3,(H,15,17). The van der Waals surface area contributed by atoms with Crippen molar-refractivity contribution >= 4 is 21.9 Å². The lowest BCUT2D eigenvalue weighted by Crippen LogP contribution is -2.10. The van der Waals surface area contributed by atoms with Gasteiger partial charge in [-0.1, -0.05) is 6.07 Å². The minimum absolute atomic E-state index is 0.0982. The zero-order valence-corrected chi connectivity index (χ0v) is 9.41. The Morgan fingerprint density at radius 1 is 1.35 bits per heavy atom. The molecule has 17 heavy (non-hydrogen) atoms. The Balaban J connectivity index is 2.68. The van der Waals surface area contributed by atoms with Gasteiger partial charge in [0.25, 0.3) is 0 Å². The van der Waals surface area contributed by atoms with E-state index in [1.807, 2.05) is 0 Å². The topological polar surface area (TPSA) is 50.7 Å². The molecule has 0 radical (unpaired) electrons. The first-order valence-corrected chi connectivity index (χ1v) is 5.22. The van der Waals surface area contributed by atoms with Crippen LogP contribution in [0.25, 0.3) is 21.9 Å². The van der Waals surface area contributed by atoms with Crippen molar-refractivity contribution in [3.8, 4) is 0 Å². The summed E-state index contributed by atoms with van der Waals surface area (Å²) >= 11 is 0. The van der Waals surface area contributed by atoms with Crippen molar-refractivity contribution in [1.29, 1.82) is 0 Å². The Morgan fingerprint density at radius 2 is 2.12 bits per heavy atom. The Bertz CT molecular complexity index is 801. The molecule has 3 aromatic rings. The molecule has 0 aliphatic heterocycles. The molecule has 0 aliphatic carbocycles. The van der Waals surface area contributed by atoms with Crippen molar-refractivity contribution in [2.75, 3.05) is 0 Å². The lowest BCUT2D eigenvalue weighted by atomic mass is 10.1. The molecule has 0 unspecified atom stereocenters. The summed E-state index contributed by atoms with van der Waals surface area (Å²) in [6.45, 7) is 1.64. The molecule has 0 spiro atoms. The molecule has 86 valence electrons. The lowest BCUT2D eigenvalue weighted by molar-refractivity contribution is 0.630. The monoisotopic (exact) mass is 231 g/mol. The number of hydrogen-bond donors (Lipinski definition) is 1. The average Bonchev–Trinajstić information content (AvgIpc) is 2.66. The minimum Gasteiger partial charge on any atom is -0.352 e. The van der Waals surface area contributed by atoms with Gasteiger partial charge >= 0.3 is 0 Å². The van der Waals surface area contributed by atoms with E-state index in [0.29, 0.717) is 22.1 Å². The highest BCUT2D eigenvalue weighted by atomic mass is 19.1. The Hall–Kier alpha value is -2.17. The van der Waals surface area contributed by atoms with E-state index in [2.05, 4.69) is 10.1 Å². The van der Waals surface area contributed by atoms with Gasteiger partial charge in [0, 0.05) is 7.05 Å². The van der Waals surface area contributed by atoms with Crippen molar-refractivity contribution in [3.63, 3.8) is 0 Å².